The molecule has 0 spiro atoms. The molecule has 0 saturated carbocycles. The van der Waals surface area contributed by atoms with Crippen molar-refractivity contribution in [3.05, 3.63) is 35.9 Å². The van der Waals surface area contributed by atoms with E-state index in [9.17, 15) is 14.7 Å². The van der Waals surface area contributed by atoms with Crippen molar-refractivity contribution in [3.63, 3.8) is 0 Å². The molecule has 2 atom stereocenters. The van der Waals surface area contributed by atoms with Crippen LogP contribution in [0.2, 0.25) is 0 Å². The molecule has 1 fully saturated rings. The largest absolute Gasteiger partial charge is 0.480 e. The molecule has 0 aromatic heterocycles. The van der Waals surface area contributed by atoms with E-state index in [-0.39, 0.29) is 13.0 Å². The fourth-order valence-corrected chi connectivity index (χ4v) is 1.84. The van der Waals surface area contributed by atoms with Crippen LogP contribution in [-0.4, -0.2) is 45.9 Å². The summed E-state index contributed by atoms with van der Waals surface area (Å²) >= 11 is 0. The molecule has 1 aromatic carbocycles. The third kappa shape index (κ3) is 2.66. The van der Waals surface area contributed by atoms with Gasteiger partial charge >= 0.3 is 11.9 Å². The highest BCUT2D eigenvalue weighted by Gasteiger charge is 2.38. The molecule has 0 aliphatic carbocycles. The van der Waals surface area contributed by atoms with Gasteiger partial charge in [-0.05, 0) is 12.1 Å². The van der Waals surface area contributed by atoms with Crippen LogP contribution in [0.5, 0.6) is 0 Å². The van der Waals surface area contributed by atoms with E-state index in [4.69, 9.17) is 9.94 Å². The highest BCUT2D eigenvalue weighted by atomic mass is 16.7. The number of benzene rings is 1. The van der Waals surface area contributed by atoms with Crippen LogP contribution in [0, 0.1) is 0 Å². The molecular weight excluding hydrogens is 238 g/mol. The molecule has 1 aromatic rings. The normalized spacial score (nSPS) is 23.8. The van der Waals surface area contributed by atoms with Gasteiger partial charge in [-0.25, -0.2) is 4.79 Å². The summed E-state index contributed by atoms with van der Waals surface area (Å²) in [5.41, 5.74) is 0.336. The minimum atomic E-state index is -1.12. The summed E-state index contributed by atoms with van der Waals surface area (Å²) in [4.78, 5) is 27.7. The van der Waals surface area contributed by atoms with E-state index in [0.29, 0.717) is 5.56 Å². The second-order valence-electron chi connectivity index (χ2n) is 4.09. The van der Waals surface area contributed by atoms with Gasteiger partial charge < -0.3 is 15.1 Å². The Morgan fingerprint density at radius 1 is 1.28 bits per heavy atom. The van der Waals surface area contributed by atoms with Crippen LogP contribution in [0.1, 0.15) is 16.8 Å². The highest BCUT2D eigenvalue weighted by Crippen LogP contribution is 2.19. The first-order chi connectivity index (χ1) is 8.58. The molecule has 1 saturated heterocycles. The third-order valence-electron chi connectivity index (χ3n) is 2.73. The maximum Gasteiger partial charge on any atom is 0.357 e. The van der Waals surface area contributed by atoms with E-state index in [1.54, 1.807) is 30.3 Å². The number of hydroxylamine groups is 2. The van der Waals surface area contributed by atoms with Gasteiger partial charge in [0.15, 0.2) is 0 Å². The van der Waals surface area contributed by atoms with E-state index < -0.39 is 24.1 Å². The van der Waals surface area contributed by atoms with Crippen molar-refractivity contribution < 1.29 is 24.6 Å². The average molecular weight is 251 g/mol. The maximum absolute atomic E-state index is 11.7. The van der Waals surface area contributed by atoms with E-state index in [1.807, 2.05) is 0 Å². The van der Waals surface area contributed by atoms with Crippen LogP contribution in [0.3, 0.4) is 0 Å². The van der Waals surface area contributed by atoms with Crippen LogP contribution in [0.15, 0.2) is 30.3 Å². The Hall–Kier alpha value is -1.92. The summed E-state index contributed by atoms with van der Waals surface area (Å²) in [5.74, 6) is -1.75. The van der Waals surface area contributed by atoms with Crippen molar-refractivity contribution >= 4 is 11.9 Å². The van der Waals surface area contributed by atoms with Crippen LogP contribution in [-0.2, 0) is 9.63 Å². The van der Waals surface area contributed by atoms with Crippen molar-refractivity contribution in [1.82, 2.24) is 5.06 Å². The molecule has 1 aliphatic rings. The van der Waals surface area contributed by atoms with Gasteiger partial charge in [-0.1, -0.05) is 18.2 Å². The highest BCUT2D eigenvalue weighted by molar-refractivity contribution is 5.89. The Kier molecular flexibility index (Phi) is 3.59. The first-order valence-corrected chi connectivity index (χ1v) is 5.53. The lowest BCUT2D eigenvalue weighted by atomic mass is 10.2. The van der Waals surface area contributed by atoms with Crippen LogP contribution >= 0.6 is 0 Å². The lowest BCUT2D eigenvalue weighted by Gasteiger charge is -2.19. The number of hydrogen-bond acceptors (Lipinski definition) is 5. The number of nitrogens with zero attached hydrogens (tertiary/aromatic N) is 1. The Balaban J connectivity index is 2.05. The summed E-state index contributed by atoms with van der Waals surface area (Å²) in [7, 11) is 0. The Bertz CT molecular complexity index is 447. The molecule has 0 radical (unpaired) electrons. The van der Waals surface area contributed by atoms with Crippen molar-refractivity contribution in [3.8, 4) is 0 Å². The number of carboxylic acids is 1. The molecule has 96 valence electrons. The molecule has 6 heteroatoms. The van der Waals surface area contributed by atoms with Crippen LogP contribution < -0.4 is 0 Å². The fourth-order valence-electron chi connectivity index (χ4n) is 1.84. The zero-order chi connectivity index (χ0) is 13.1. The van der Waals surface area contributed by atoms with E-state index in [1.165, 1.54) is 0 Å². The fraction of sp³-hybridized carbons (Fsp3) is 0.333. The lowest BCUT2D eigenvalue weighted by Crippen LogP contribution is -2.37. The number of carboxylic acid groups (broad SMARTS) is 1. The van der Waals surface area contributed by atoms with Crippen LogP contribution in [0.4, 0.5) is 0 Å². The Morgan fingerprint density at radius 2 is 1.94 bits per heavy atom. The van der Waals surface area contributed by atoms with Gasteiger partial charge in [-0.3, -0.25) is 4.79 Å². The number of aliphatic carboxylic acids is 1. The smallest absolute Gasteiger partial charge is 0.357 e. The van der Waals surface area contributed by atoms with Crippen molar-refractivity contribution in [1.29, 1.82) is 0 Å². The summed E-state index contributed by atoms with van der Waals surface area (Å²) in [5, 5.41) is 19.4. The van der Waals surface area contributed by atoms with E-state index in [2.05, 4.69) is 0 Å². The molecule has 2 rings (SSSR count). The van der Waals surface area contributed by atoms with Gasteiger partial charge in [0.1, 0.15) is 6.04 Å². The predicted molar refractivity (Wildman–Crippen MR) is 60.6 cm³/mol. The minimum absolute atomic E-state index is 0.00946. The second kappa shape index (κ2) is 5.16. The number of aliphatic hydroxyl groups is 1. The summed E-state index contributed by atoms with van der Waals surface area (Å²) in [6.45, 7) is 0.00946. The number of aliphatic hydroxyl groups excluding tert-OH is 1. The number of carbonyl (C=O) groups is 2. The monoisotopic (exact) mass is 251 g/mol. The molecule has 0 bridgehead atoms. The average Bonchev–Trinajstić information content (AvgIpc) is 2.71. The van der Waals surface area contributed by atoms with Crippen molar-refractivity contribution in [2.45, 2.75) is 18.6 Å². The molecule has 6 nitrogen and oxygen atoms in total. The van der Waals surface area contributed by atoms with Gasteiger partial charge in [-0.2, -0.15) is 0 Å². The van der Waals surface area contributed by atoms with E-state index >= 15 is 0 Å². The molecule has 1 unspecified atom stereocenters. The van der Waals surface area contributed by atoms with Crippen molar-refractivity contribution in [2.75, 3.05) is 6.54 Å². The number of rotatable bonds is 3. The standard InChI is InChI=1S/C12H13NO5/c14-9-6-10(11(15)16)13(7-9)18-12(17)8-4-2-1-3-5-8/h1-5,9-10,14H,6-7H2,(H,15,16)/t9?,10-/m0/s1. The van der Waals surface area contributed by atoms with Crippen molar-refractivity contribution in [2.24, 2.45) is 0 Å². The molecule has 2 N–H and O–H groups in total. The molecule has 0 amide bonds. The van der Waals surface area contributed by atoms with Crippen LogP contribution in [0.25, 0.3) is 0 Å². The van der Waals surface area contributed by atoms with Gasteiger partial charge in [0.2, 0.25) is 0 Å². The maximum atomic E-state index is 11.7. The van der Waals surface area contributed by atoms with E-state index in [0.717, 1.165) is 5.06 Å². The zero-order valence-corrected chi connectivity index (χ0v) is 9.52. The summed E-state index contributed by atoms with van der Waals surface area (Å²) in [6, 6.07) is 7.28. The number of β-amino-alcohol motifs (C(OH)–C–C–N with tert-alkyl or cyclic N) is 1. The second-order valence-corrected chi connectivity index (χ2v) is 4.09. The first kappa shape index (κ1) is 12.5. The number of carbonyl (C=O) groups excluding carboxylic acids is 1. The quantitative estimate of drug-likeness (QED) is 0.802. The summed E-state index contributed by atoms with van der Waals surface area (Å²) < 4.78 is 0. The van der Waals surface area contributed by atoms with Gasteiger partial charge in [-0.15, -0.1) is 5.06 Å². The zero-order valence-electron chi connectivity index (χ0n) is 9.52. The van der Waals surface area contributed by atoms with Gasteiger partial charge in [0.05, 0.1) is 18.2 Å². The summed E-state index contributed by atoms with van der Waals surface area (Å²) in [6.07, 6.45) is -0.744. The molecule has 1 aliphatic heterocycles. The first-order valence-electron chi connectivity index (χ1n) is 5.53. The predicted octanol–water partition coefficient (Wildman–Crippen LogP) is 0.278. The molecule has 18 heavy (non-hydrogen) atoms. The molecule has 1 heterocycles. The van der Waals surface area contributed by atoms with Gasteiger partial charge in [0.25, 0.3) is 0 Å². The Labute approximate surface area is 103 Å². The third-order valence-corrected chi connectivity index (χ3v) is 2.73. The topological polar surface area (TPSA) is 87.1 Å². The number of hydrogen-bond donors (Lipinski definition) is 2. The molecular formula is C12H13NO5. The Morgan fingerprint density at radius 3 is 2.56 bits per heavy atom. The van der Waals surface area contributed by atoms with Gasteiger partial charge in [0, 0.05) is 6.42 Å². The minimum Gasteiger partial charge on any atom is -0.480 e. The SMILES string of the molecule is O=C(ON1CC(O)C[C@H]1C(=O)O)c1ccccc1. The lowest BCUT2D eigenvalue weighted by molar-refractivity contribution is -0.163.